The number of aryl methyl sites for hydroxylation is 4. The van der Waals surface area contributed by atoms with Crippen LogP contribution in [-0.4, -0.2) is 14.3 Å². The average Bonchev–Trinajstić information content (AvgIpc) is 2.78. The molecule has 0 atom stereocenters. The second-order valence-corrected chi connectivity index (χ2v) is 6.81. The number of hydrogen-bond donors (Lipinski definition) is 2. The summed E-state index contributed by atoms with van der Waals surface area (Å²) in [6.07, 6.45) is 0. The maximum absolute atomic E-state index is 12.3. The summed E-state index contributed by atoms with van der Waals surface area (Å²) in [6, 6.07) is 6.65. The first kappa shape index (κ1) is 16.3. The van der Waals surface area contributed by atoms with Crippen molar-refractivity contribution in [3.05, 3.63) is 52.5 Å². The highest BCUT2D eigenvalue weighted by Gasteiger charge is 2.20. The fraction of sp³-hybridized carbons (Fsp3) is 0.267. The highest BCUT2D eigenvalue weighted by Crippen LogP contribution is 2.16. The summed E-state index contributed by atoms with van der Waals surface area (Å²) in [7, 11) is -3.84. The zero-order valence-electron chi connectivity index (χ0n) is 12.9. The number of benzene rings is 1. The minimum Gasteiger partial charge on any atom is -0.466 e. The van der Waals surface area contributed by atoms with Gasteiger partial charge in [0, 0.05) is 0 Å². The van der Waals surface area contributed by atoms with E-state index in [9.17, 15) is 13.2 Å². The normalized spacial score (nSPS) is 11.5. The molecular weight excluding hydrogens is 304 g/mol. The standard InChI is InChI=1S/C15H18N2O4S/c1-9-5-6-10(2)14(7-9)22(19,20)17-16-15(18)13-8-11(3)21-12(13)4/h5-8,17H,1-4H3,(H,16,18). The zero-order valence-corrected chi connectivity index (χ0v) is 13.7. The van der Waals surface area contributed by atoms with Gasteiger partial charge in [-0.25, -0.2) is 8.42 Å². The van der Waals surface area contributed by atoms with Gasteiger partial charge in [0.05, 0.1) is 10.5 Å². The van der Waals surface area contributed by atoms with E-state index < -0.39 is 15.9 Å². The van der Waals surface area contributed by atoms with E-state index >= 15 is 0 Å². The monoisotopic (exact) mass is 322 g/mol. The van der Waals surface area contributed by atoms with E-state index in [1.165, 1.54) is 0 Å². The minimum atomic E-state index is -3.84. The predicted octanol–water partition coefficient (Wildman–Crippen LogP) is 2.14. The quantitative estimate of drug-likeness (QED) is 0.844. The Hall–Kier alpha value is -2.12. The summed E-state index contributed by atoms with van der Waals surface area (Å²) < 4.78 is 29.8. The molecule has 2 aromatic rings. The summed E-state index contributed by atoms with van der Waals surface area (Å²) in [5.74, 6) is 0.448. The fourth-order valence-electron chi connectivity index (χ4n) is 2.09. The topological polar surface area (TPSA) is 88.4 Å². The van der Waals surface area contributed by atoms with Gasteiger partial charge in [0.25, 0.3) is 15.9 Å². The van der Waals surface area contributed by atoms with Crippen LogP contribution in [-0.2, 0) is 10.0 Å². The number of furan rings is 1. The van der Waals surface area contributed by atoms with Crippen LogP contribution in [0.3, 0.4) is 0 Å². The lowest BCUT2D eigenvalue weighted by atomic mass is 10.2. The molecular formula is C15H18N2O4S. The van der Waals surface area contributed by atoms with Gasteiger partial charge in [0.1, 0.15) is 11.5 Å². The number of rotatable bonds is 4. The summed E-state index contributed by atoms with van der Waals surface area (Å²) in [5.41, 5.74) is 3.91. The van der Waals surface area contributed by atoms with Crippen LogP contribution >= 0.6 is 0 Å². The van der Waals surface area contributed by atoms with Crippen molar-refractivity contribution in [1.29, 1.82) is 0 Å². The third kappa shape index (κ3) is 3.37. The number of nitrogens with one attached hydrogen (secondary N) is 2. The Bertz CT molecular complexity index is 822. The molecule has 0 aliphatic rings. The fourth-order valence-corrected chi connectivity index (χ4v) is 3.26. The molecule has 118 valence electrons. The van der Waals surface area contributed by atoms with Crippen LogP contribution in [0.25, 0.3) is 0 Å². The summed E-state index contributed by atoms with van der Waals surface area (Å²) in [4.78, 5) is 14.3. The first-order valence-electron chi connectivity index (χ1n) is 6.67. The number of carbonyl (C=O) groups is 1. The SMILES string of the molecule is Cc1ccc(C)c(S(=O)(=O)NNC(=O)c2cc(C)oc2C)c1. The molecule has 22 heavy (non-hydrogen) atoms. The summed E-state index contributed by atoms with van der Waals surface area (Å²) in [5, 5.41) is 0. The van der Waals surface area contributed by atoms with E-state index in [1.807, 2.05) is 6.07 Å². The Kier molecular flexibility index (Phi) is 4.39. The Balaban J connectivity index is 2.18. The van der Waals surface area contributed by atoms with E-state index in [0.29, 0.717) is 22.6 Å². The second kappa shape index (κ2) is 5.94. The first-order chi connectivity index (χ1) is 10.2. The molecule has 1 amide bonds. The molecule has 7 heteroatoms. The van der Waals surface area contributed by atoms with Gasteiger partial charge in [0.15, 0.2) is 0 Å². The Morgan fingerprint density at radius 1 is 1.09 bits per heavy atom. The molecule has 0 fully saturated rings. The van der Waals surface area contributed by atoms with Crippen molar-refractivity contribution in [1.82, 2.24) is 10.3 Å². The highest BCUT2D eigenvalue weighted by molar-refractivity contribution is 7.89. The Morgan fingerprint density at radius 3 is 2.36 bits per heavy atom. The van der Waals surface area contributed by atoms with Gasteiger partial charge in [0.2, 0.25) is 0 Å². The molecule has 0 saturated heterocycles. The van der Waals surface area contributed by atoms with Crippen molar-refractivity contribution >= 4 is 15.9 Å². The van der Waals surface area contributed by atoms with Gasteiger partial charge in [-0.05, 0) is 51.0 Å². The molecule has 0 unspecified atom stereocenters. The van der Waals surface area contributed by atoms with Crippen molar-refractivity contribution < 1.29 is 17.6 Å². The molecule has 0 spiro atoms. The van der Waals surface area contributed by atoms with Gasteiger partial charge in [-0.15, -0.1) is 4.83 Å². The number of carbonyl (C=O) groups excluding carboxylic acids is 1. The largest absolute Gasteiger partial charge is 0.466 e. The van der Waals surface area contributed by atoms with E-state index in [4.69, 9.17) is 4.42 Å². The van der Waals surface area contributed by atoms with E-state index in [-0.39, 0.29) is 4.90 Å². The van der Waals surface area contributed by atoms with Crippen LogP contribution in [0.15, 0.2) is 33.6 Å². The maximum atomic E-state index is 12.3. The van der Waals surface area contributed by atoms with Crippen LogP contribution < -0.4 is 10.3 Å². The lowest BCUT2D eigenvalue weighted by Gasteiger charge is -2.10. The maximum Gasteiger partial charge on any atom is 0.269 e. The highest BCUT2D eigenvalue weighted by atomic mass is 32.2. The van der Waals surface area contributed by atoms with Crippen molar-refractivity contribution in [3.8, 4) is 0 Å². The smallest absolute Gasteiger partial charge is 0.269 e. The van der Waals surface area contributed by atoms with E-state index in [1.54, 1.807) is 45.9 Å². The van der Waals surface area contributed by atoms with Crippen molar-refractivity contribution in [2.24, 2.45) is 0 Å². The summed E-state index contributed by atoms with van der Waals surface area (Å²) >= 11 is 0. The Morgan fingerprint density at radius 2 is 1.77 bits per heavy atom. The lowest BCUT2D eigenvalue weighted by Crippen LogP contribution is -2.41. The van der Waals surface area contributed by atoms with Crippen LogP contribution in [0.4, 0.5) is 0 Å². The molecule has 1 aromatic carbocycles. The van der Waals surface area contributed by atoms with Gasteiger partial charge < -0.3 is 4.42 Å². The van der Waals surface area contributed by atoms with Crippen molar-refractivity contribution in [3.63, 3.8) is 0 Å². The van der Waals surface area contributed by atoms with Crippen molar-refractivity contribution in [2.45, 2.75) is 32.6 Å². The van der Waals surface area contributed by atoms with E-state index in [0.717, 1.165) is 5.56 Å². The molecule has 1 heterocycles. The van der Waals surface area contributed by atoms with Crippen LogP contribution in [0, 0.1) is 27.7 Å². The van der Waals surface area contributed by atoms with Gasteiger partial charge in [-0.2, -0.15) is 0 Å². The van der Waals surface area contributed by atoms with Crippen molar-refractivity contribution in [2.75, 3.05) is 0 Å². The van der Waals surface area contributed by atoms with Gasteiger partial charge in [-0.1, -0.05) is 12.1 Å². The molecule has 0 bridgehead atoms. The Labute approximate surface area is 129 Å². The molecule has 2 rings (SSSR count). The lowest BCUT2D eigenvalue weighted by molar-refractivity contribution is 0.0943. The molecule has 2 N–H and O–H groups in total. The predicted molar refractivity (Wildman–Crippen MR) is 81.9 cm³/mol. The number of sulfonamides is 1. The summed E-state index contributed by atoms with van der Waals surface area (Å²) in [6.45, 7) is 6.85. The third-order valence-corrected chi connectivity index (χ3v) is 4.61. The molecule has 0 aliphatic carbocycles. The minimum absolute atomic E-state index is 0.132. The molecule has 6 nitrogen and oxygen atoms in total. The van der Waals surface area contributed by atoms with E-state index in [2.05, 4.69) is 10.3 Å². The number of amides is 1. The van der Waals surface area contributed by atoms with Crippen LogP contribution in [0.1, 0.15) is 33.0 Å². The third-order valence-electron chi connectivity index (χ3n) is 3.22. The average molecular weight is 322 g/mol. The zero-order chi connectivity index (χ0) is 16.5. The molecule has 0 aliphatic heterocycles. The van der Waals surface area contributed by atoms with Gasteiger partial charge >= 0.3 is 0 Å². The number of hydrogen-bond acceptors (Lipinski definition) is 4. The molecule has 0 radical (unpaired) electrons. The molecule has 1 aromatic heterocycles. The van der Waals surface area contributed by atoms with Crippen LogP contribution in [0.5, 0.6) is 0 Å². The second-order valence-electron chi connectivity index (χ2n) is 5.16. The van der Waals surface area contributed by atoms with Crippen LogP contribution in [0.2, 0.25) is 0 Å². The molecule has 0 saturated carbocycles. The first-order valence-corrected chi connectivity index (χ1v) is 8.15. The van der Waals surface area contributed by atoms with Gasteiger partial charge in [-0.3, -0.25) is 10.2 Å². The number of hydrazine groups is 1.